The lowest BCUT2D eigenvalue weighted by atomic mass is 10.1. The third-order valence-electron chi connectivity index (χ3n) is 1.35. The van der Waals surface area contributed by atoms with Crippen molar-refractivity contribution < 1.29 is 14.6 Å². The van der Waals surface area contributed by atoms with Crippen molar-refractivity contribution in [1.29, 1.82) is 0 Å². The Morgan fingerprint density at radius 1 is 1.70 bits per heavy atom. The lowest BCUT2D eigenvalue weighted by Gasteiger charge is -2.08. The van der Waals surface area contributed by atoms with E-state index in [2.05, 4.69) is 0 Å². The summed E-state index contributed by atoms with van der Waals surface area (Å²) >= 11 is 0. The predicted molar refractivity (Wildman–Crippen MR) is 37.9 cm³/mol. The molecule has 0 saturated heterocycles. The van der Waals surface area contributed by atoms with Gasteiger partial charge < -0.3 is 9.84 Å². The van der Waals surface area contributed by atoms with Gasteiger partial charge >= 0.3 is 5.97 Å². The molecule has 1 N–H and O–H groups in total. The average Bonchev–Trinajstić information content (AvgIpc) is 1.87. The van der Waals surface area contributed by atoms with E-state index in [-0.39, 0.29) is 5.92 Å². The summed E-state index contributed by atoms with van der Waals surface area (Å²) in [4.78, 5) is 10.4. The van der Waals surface area contributed by atoms with Gasteiger partial charge in [-0.2, -0.15) is 0 Å². The molecule has 0 amide bonds. The molecule has 0 aliphatic carbocycles. The third-order valence-corrected chi connectivity index (χ3v) is 1.35. The fourth-order valence-corrected chi connectivity index (χ4v) is 0.828. The van der Waals surface area contributed by atoms with Crippen LogP contribution in [0.4, 0.5) is 0 Å². The van der Waals surface area contributed by atoms with Crippen LogP contribution >= 0.6 is 0 Å². The lowest BCUT2D eigenvalue weighted by molar-refractivity contribution is -0.143. The molecule has 0 aliphatic rings. The summed E-state index contributed by atoms with van der Waals surface area (Å²) in [5, 5.41) is 8.56. The van der Waals surface area contributed by atoms with Gasteiger partial charge in [0.2, 0.25) is 0 Å². The summed E-state index contributed by atoms with van der Waals surface area (Å²) in [6.45, 7) is 2.29. The van der Waals surface area contributed by atoms with Gasteiger partial charge in [0.15, 0.2) is 0 Å². The van der Waals surface area contributed by atoms with Crippen molar-refractivity contribution in [2.75, 3.05) is 13.7 Å². The quantitative estimate of drug-likeness (QED) is 0.632. The minimum absolute atomic E-state index is 0.323. The Bertz CT molecular complexity index is 95.0. The fraction of sp³-hybridized carbons (Fsp3) is 0.857. The van der Waals surface area contributed by atoms with E-state index in [9.17, 15) is 4.79 Å². The van der Waals surface area contributed by atoms with Crippen molar-refractivity contribution in [2.24, 2.45) is 5.92 Å². The first-order valence-electron chi connectivity index (χ1n) is 3.44. The van der Waals surface area contributed by atoms with Gasteiger partial charge in [-0.3, -0.25) is 4.79 Å². The summed E-state index contributed by atoms with van der Waals surface area (Å²) < 4.78 is 4.74. The number of hydrogen-bond donors (Lipinski definition) is 1. The van der Waals surface area contributed by atoms with E-state index in [1.165, 1.54) is 7.11 Å². The molecule has 0 saturated carbocycles. The van der Waals surface area contributed by atoms with Crippen molar-refractivity contribution in [1.82, 2.24) is 0 Å². The van der Waals surface area contributed by atoms with E-state index in [1.54, 1.807) is 0 Å². The topological polar surface area (TPSA) is 46.5 Å². The number of methoxy groups -OCH3 is 1. The number of ether oxygens (including phenoxy) is 1. The largest absolute Gasteiger partial charge is 0.481 e. The predicted octanol–water partition coefficient (Wildman–Crippen LogP) is 1.13. The minimum Gasteiger partial charge on any atom is -0.481 e. The highest BCUT2D eigenvalue weighted by Gasteiger charge is 2.14. The Kier molecular flexibility index (Phi) is 4.94. The van der Waals surface area contributed by atoms with Crippen molar-refractivity contribution in [3.8, 4) is 0 Å². The van der Waals surface area contributed by atoms with Gasteiger partial charge in [-0.1, -0.05) is 13.3 Å². The standard InChI is InChI=1S/C7H14O3/c1-3-4-6(5-10-2)7(8)9/h6H,3-5H2,1-2H3,(H,8,9). The monoisotopic (exact) mass is 146 g/mol. The highest BCUT2D eigenvalue weighted by Crippen LogP contribution is 2.05. The summed E-state index contributed by atoms with van der Waals surface area (Å²) in [5.74, 6) is -1.08. The molecule has 0 heterocycles. The number of carboxylic acid groups (broad SMARTS) is 1. The molecule has 1 atom stereocenters. The maximum Gasteiger partial charge on any atom is 0.308 e. The minimum atomic E-state index is -0.760. The lowest BCUT2D eigenvalue weighted by Crippen LogP contribution is -2.18. The van der Waals surface area contributed by atoms with Gasteiger partial charge in [0, 0.05) is 7.11 Å². The van der Waals surface area contributed by atoms with Crippen molar-refractivity contribution in [3.63, 3.8) is 0 Å². The Hall–Kier alpha value is -0.570. The number of rotatable bonds is 5. The van der Waals surface area contributed by atoms with E-state index in [4.69, 9.17) is 9.84 Å². The van der Waals surface area contributed by atoms with Gasteiger partial charge in [-0.05, 0) is 6.42 Å². The molecule has 0 aromatic heterocycles. The normalized spacial score (nSPS) is 13.0. The Morgan fingerprint density at radius 2 is 2.30 bits per heavy atom. The van der Waals surface area contributed by atoms with Gasteiger partial charge in [-0.15, -0.1) is 0 Å². The second-order valence-electron chi connectivity index (χ2n) is 2.28. The number of carbonyl (C=O) groups is 1. The number of hydrogen-bond acceptors (Lipinski definition) is 2. The van der Waals surface area contributed by atoms with Crippen LogP contribution < -0.4 is 0 Å². The fourth-order valence-electron chi connectivity index (χ4n) is 0.828. The molecule has 0 aromatic carbocycles. The van der Waals surface area contributed by atoms with E-state index in [0.29, 0.717) is 13.0 Å². The molecule has 0 aromatic rings. The molecule has 0 rings (SSSR count). The summed E-state index contributed by atoms with van der Waals surface area (Å²) in [6, 6.07) is 0. The van der Waals surface area contributed by atoms with Gasteiger partial charge in [0.05, 0.1) is 12.5 Å². The molecule has 0 fully saturated rings. The van der Waals surface area contributed by atoms with E-state index in [0.717, 1.165) is 6.42 Å². The van der Waals surface area contributed by atoms with Crippen molar-refractivity contribution >= 4 is 5.97 Å². The van der Waals surface area contributed by atoms with Crippen LogP contribution in [0.5, 0.6) is 0 Å². The van der Waals surface area contributed by atoms with E-state index < -0.39 is 5.97 Å². The molecule has 3 nitrogen and oxygen atoms in total. The Balaban J connectivity index is 3.61. The Labute approximate surface area is 61.0 Å². The number of carboxylic acids is 1. The van der Waals surface area contributed by atoms with E-state index >= 15 is 0 Å². The first-order valence-corrected chi connectivity index (χ1v) is 3.44. The summed E-state index contributed by atoms with van der Waals surface area (Å²) in [7, 11) is 1.52. The second-order valence-corrected chi connectivity index (χ2v) is 2.28. The molecule has 60 valence electrons. The molecule has 0 radical (unpaired) electrons. The van der Waals surface area contributed by atoms with Crippen LogP contribution in [0.15, 0.2) is 0 Å². The maximum absolute atomic E-state index is 10.4. The Morgan fingerprint density at radius 3 is 2.60 bits per heavy atom. The zero-order valence-corrected chi connectivity index (χ0v) is 6.46. The highest BCUT2D eigenvalue weighted by molar-refractivity contribution is 5.70. The van der Waals surface area contributed by atoms with Gasteiger partial charge in [-0.25, -0.2) is 0 Å². The van der Waals surface area contributed by atoms with Crippen LogP contribution in [0.2, 0.25) is 0 Å². The third kappa shape index (κ3) is 3.45. The average molecular weight is 146 g/mol. The van der Waals surface area contributed by atoms with Gasteiger partial charge in [0.1, 0.15) is 0 Å². The van der Waals surface area contributed by atoms with Crippen LogP contribution in [-0.4, -0.2) is 24.8 Å². The highest BCUT2D eigenvalue weighted by atomic mass is 16.5. The maximum atomic E-state index is 10.4. The first-order chi connectivity index (χ1) is 4.72. The molecular weight excluding hydrogens is 132 g/mol. The zero-order chi connectivity index (χ0) is 7.98. The van der Waals surface area contributed by atoms with Gasteiger partial charge in [0.25, 0.3) is 0 Å². The first kappa shape index (κ1) is 9.43. The van der Waals surface area contributed by atoms with Crippen LogP contribution in [0.1, 0.15) is 19.8 Å². The summed E-state index contributed by atoms with van der Waals surface area (Å²) in [6.07, 6.45) is 1.59. The molecular formula is C7H14O3. The van der Waals surface area contributed by atoms with Crippen LogP contribution in [0, 0.1) is 5.92 Å². The molecule has 0 bridgehead atoms. The van der Waals surface area contributed by atoms with Crippen LogP contribution in [-0.2, 0) is 9.53 Å². The number of aliphatic carboxylic acids is 1. The zero-order valence-electron chi connectivity index (χ0n) is 6.46. The second kappa shape index (κ2) is 5.23. The molecule has 3 heteroatoms. The molecule has 0 aliphatic heterocycles. The van der Waals surface area contributed by atoms with Crippen molar-refractivity contribution in [2.45, 2.75) is 19.8 Å². The van der Waals surface area contributed by atoms with Crippen LogP contribution in [0.25, 0.3) is 0 Å². The van der Waals surface area contributed by atoms with E-state index in [1.807, 2.05) is 6.92 Å². The van der Waals surface area contributed by atoms with Crippen LogP contribution in [0.3, 0.4) is 0 Å². The molecule has 1 unspecified atom stereocenters. The smallest absolute Gasteiger partial charge is 0.308 e. The molecule has 10 heavy (non-hydrogen) atoms. The van der Waals surface area contributed by atoms with Crippen molar-refractivity contribution in [3.05, 3.63) is 0 Å². The summed E-state index contributed by atoms with van der Waals surface area (Å²) in [5.41, 5.74) is 0. The molecule has 0 spiro atoms. The SMILES string of the molecule is CCCC(COC)C(=O)O.